The van der Waals surface area contributed by atoms with Crippen molar-refractivity contribution >= 4 is 41.4 Å². The van der Waals surface area contributed by atoms with E-state index < -0.39 is 75.9 Å². The van der Waals surface area contributed by atoms with E-state index in [1.54, 1.807) is 89.2 Å². The number of hydrogen-bond acceptors (Lipinski definition) is 12. The molecular formula is C36H59N7O10. The Balaban J connectivity index is 1.99. The number of anilines is 2. The summed E-state index contributed by atoms with van der Waals surface area (Å²) in [5.41, 5.74) is -2.27. The lowest BCUT2D eigenvalue weighted by molar-refractivity contribution is -0.384. The predicted molar refractivity (Wildman–Crippen MR) is 199 cm³/mol. The number of hydrogen-bond donors (Lipinski definition) is 4. The van der Waals surface area contributed by atoms with Crippen LogP contribution in [-0.4, -0.2) is 102 Å². The van der Waals surface area contributed by atoms with Gasteiger partial charge >= 0.3 is 24.4 Å². The monoisotopic (exact) mass is 749 g/mol. The number of non-ortho nitro benzene ring substituents is 1. The number of carbonyl (C=O) groups excluding carboxylic acids is 4. The van der Waals surface area contributed by atoms with Crippen LogP contribution in [0, 0.1) is 10.1 Å². The first-order valence-electron chi connectivity index (χ1n) is 17.9. The third-order valence-electron chi connectivity index (χ3n) is 7.61. The third-order valence-corrected chi connectivity index (χ3v) is 7.61. The first-order valence-corrected chi connectivity index (χ1v) is 17.9. The lowest BCUT2D eigenvalue weighted by Gasteiger charge is -2.41. The van der Waals surface area contributed by atoms with E-state index in [1.165, 1.54) is 12.1 Å². The molecule has 0 aromatic heterocycles. The van der Waals surface area contributed by atoms with Crippen LogP contribution in [0.25, 0.3) is 0 Å². The minimum absolute atomic E-state index is 0.199. The van der Waals surface area contributed by atoms with E-state index >= 15 is 0 Å². The number of nitrogens with zero attached hydrogens (tertiary/aromatic N) is 3. The smallest absolute Gasteiger partial charge is 0.407 e. The number of ether oxygens (including phenoxy) is 4. The number of rotatable bonds is 7. The fourth-order valence-electron chi connectivity index (χ4n) is 5.99. The first-order chi connectivity index (χ1) is 24.1. The standard InChI is InChI=1S/C36H59N7O10/c1-33(2,3)50-29(44)37-22-13-23(38-30(45)51-34(4,5)6)19-41(18-22)26-15-27(17-28(16-26)43(48)49)42-20-24(39-31(46)52-35(7,8)9)14-25(21-42)40-32(47)53-36(10,11)12/h15-17,22-25H,13-14,18-21H2,1-12H3,(H,37,44)(H,38,45)(H,39,46)(H,40,47). The molecule has 2 aliphatic heterocycles. The number of benzene rings is 1. The molecule has 3 rings (SSSR count). The van der Waals surface area contributed by atoms with Crippen molar-refractivity contribution in [3.8, 4) is 0 Å². The van der Waals surface area contributed by atoms with Crippen molar-refractivity contribution in [1.29, 1.82) is 0 Å². The van der Waals surface area contributed by atoms with Gasteiger partial charge in [-0.05, 0) is 102 Å². The Morgan fingerprint density at radius 2 is 0.792 bits per heavy atom. The van der Waals surface area contributed by atoms with E-state index in [4.69, 9.17) is 18.9 Å². The highest BCUT2D eigenvalue weighted by molar-refractivity contribution is 5.72. The van der Waals surface area contributed by atoms with Gasteiger partial charge in [0.1, 0.15) is 22.4 Å². The molecule has 0 radical (unpaired) electrons. The summed E-state index contributed by atoms with van der Waals surface area (Å²) in [6, 6.07) is 2.58. The summed E-state index contributed by atoms with van der Waals surface area (Å²) in [5, 5.41) is 23.8. The molecule has 17 nitrogen and oxygen atoms in total. The van der Waals surface area contributed by atoms with Gasteiger partial charge in [-0.2, -0.15) is 0 Å². The number of nitro benzene ring substituents is 1. The molecule has 2 aliphatic rings. The normalized spacial score (nSPS) is 21.1. The highest BCUT2D eigenvalue weighted by atomic mass is 16.6. The zero-order chi connectivity index (χ0) is 40.1. The second-order valence-corrected chi connectivity index (χ2v) is 17.6. The summed E-state index contributed by atoms with van der Waals surface area (Å²) in [7, 11) is 0. The second kappa shape index (κ2) is 16.5. The maximum absolute atomic E-state index is 12.8. The summed E-state index contributed by atoms with van der Waals surface area (Å²) >= 11 is 0. The van der Waals surface area contributed by atoms with E-state index in [1.807, 2.05) is 9.80 Å². The molecule has 4 atom stereocenters. The number of nitro groups is 1. The van der Waals surface area contributed by atoms with Crippen LogP contribution in [0.5, 0.6) is 0 Å². The summed E-state index contributed by atoms with van der Waals surface area (Å²) in [6.45, 7) is 22.0. The van der Waals surface area contributed by atoms with Gasteiger partial charge in [0.25, 0.3) is 5.69 Å². The molecule has 4 amide bonds. The summed E-state index contributed by atoms with van der Waals surface area (Å²) in [4.78, 5) is 66.8. The van der Waals surface area contributed by atoms with Crippen molar-refractivity contribution < 1.29 is 43.0 Å². The number of alkyl carbamates (subject to hydrolysis) is 4. The maximum atomic E-state index is 12.8. The van der Waals surface area contributed by atoms with Crippen molar-refractivity contribution in [1.82, 2.24) is 21.3 Å². The molecule has 298 valence electrons. The van der Waals surface area contributed by atoms with Gasteiger partial charge in [0.05, 0.1) is 29.1 Å². The second-order valence-electron chi connectivity index (χ2n) is 17.6. The Morgan fingerprint density at radius 3 is 1.00 bits per heavy atom. The van der Waals surface area contributed by atoms with E-state index in [0.717, 1.165) is 0 Å². The van der Waals surface area contributed by atoms with Crippen molar-refractivity contribution in [2.45, 2.75) is 142 Å². The Bertz CT molecular complexity index is 1320. The van der Waals surface area contributed by atoms with Crippen LogP contribution < -0.4 is 31.1 Å². The lowest BCUT2D eigenvalue weighted by atomic mass is 9.98. The number of nitrogens with one attached hydrogen (secondary N) is 4. The van der Waals surface area contributed by atoms with Gasteiger partial charge in [0, 0.05) is 49.7 Å². The van der Waals surface area contributed by atoms with Gasteiger partial charge in [-0.3, -0.25) is 10.1 Å². The van der Waals surface area contributed by atoms with Crippen LogP contribution in [-0.2, 0) is 18.9 Å². The molecule has 53 heavy (non-hydrogen) atoms. The fraction of sp³-hybridized carbons (Fsp3) is 0.722. The van der Waals surface area contributed by atoms with E-state index in [9.17, 15) is 29.3 Å². The molecule has 17 heteroatoms. The predicted octanol–water partition coefficient (Wildman–Crippen LogP) is 5.59. The van der Waals surface area contributed by atoms with Crippen LogP contribution in [0.1, 0.15) is 95.9 Å². The Morgan fingerprint density at radius 1 is 0.547 bits per heavy atom. The van der Waals surface area contributed by atoms with Gasteiger partial charge < -0.3 is 50.0 Å². The minimum Gasteiger partial charge on any atom is -0.444 e. The number of amides is 4. The van der Waals surface area contributed by atoms with Crippen LogP contribution in [0.4, 0.5) is 36.2 Å². The molecule has 0 bridgehead atoms. The maximum Gasteiger partial charge on any atom is 0.407 e. The van der Waals surface area contributed by atoms with Crippen LogP contribution in [0.2, 0.25) is 0 Å². The first kappa shape index (κ1) is 42.7. The van der Waals surface area contributed by atoms with E-state index in [-0.39, 0.29) is 31.9 Å². The highest BCUT2D eigenvalue weighted by Gasteiger charge is 2.35. The van der Waals surface area contributed by atoms with Gasteiger partial charge in [-0.15, -0.1) is 0 Å². The molecular weight excluding hydrogens is 690 g/mol. The van der Waals surface area contributed by atoms with Crippen molar-refractivity contribution in [3.05, 3.63) is 28.3 Å². The fourth-order valence-corrected chi connectivity index (χ4v) is 5.99. The van der Waals surface area contributed by atoms with E-state index in [2.05, 4.69) is 21.3 Å². The average Bonchev–Trinajstić information content (AvgIpc) is 2.92. The molecule has 2 fully saturated rings. The SMILES string of the molecule is CC(C)(C)OC(=O)NC1CC(NC(=O)OC(C)(C)C)CN(c2cc(N3CC(NC(=O)OC(C)(C)C)CC(NC(=O)OC(C)(C)C)C3)cc([N+](=O)[O-])c2)C1. The zero-order valence-corrected chi connectivity index (χ0v) is 33.2. The van der Waals surface area contributed by atoms with Crippen LogP contribution >= 0.6 is 0 Å². The summed E-state index contributed by atoms with van der Waals surface area (Å²) < 4.78 is 21.9. The summed E-state index contributed by atoms with van der Waals surface area (Å²) in [5.74, 6) is 0. The lowest BCUT2D eigenvalue weighted by Crippen LogP contribution is -2.58. The minimum atomic E-state index is -0.748. The molecule has 4 unspecified atom stereocenters. The van der Waals surface area contributed by atoms with Crippen molar-refractivity contribution in [3.63, 3.8) is 0 Å². The molecule has 4 N–H and O–H groups in total. The van der Waals surface area contributed by atoms with Gasteiger partial charge in [0.15, 0.2) is 0 Å². The molecule has 2 saturated heterocycles. The van der Waals surface area contributed by atoms with Crippen molar-refractivity contribution in [2.75, 3.05) is 36.0 Å². The molecule has 0 saturated carbocycles. The van der Waals surface area contributed by atoms with Crippen molar-refractivity contribution in [2.24, 2.45) is 0 Å². The third kappa shape index (κ3) is 15.4. The molecule has 2 heterocycles. The Labute approximate surface area is 312 Å². The van der Waals surface area contributed by atoms with Gasteiger partial charge in [-0.25, -0.2) is 19.2 Å². The zero-order valence-electron chi connectivity index (χ0n) is 33.2. The Kier molecular flexibility index (Phi) is 13.3. The highest BCUT2D eigenvalue weighted by Crippen LogP contribution is 2.33. The number of piperidine rings is 2. The van der Waals surface area contributed by atoms with Crippen LogP contribution in [0.15, 0.2) is 18.2 Å². The Hall–Kier alpha value is -4.70. The number of carbonyl (C=O) groups is 4. The molecule has 0 spiro atoms. The molecule has 1 aromatic rings. The topological polar surface area (TPSA) is 203 Å². The van der Waals surface area contributed by atoms with Gasteiger partial charge in [-0.1, -0.05) is 0 Å². The quantitative estimate of drug-likeness (QED) is 0.153. The van der Waals surface area contributed by atoms with E-state index in [0.29, 0.717) is 24.2 Å². The molecule has 1 aromatic carbocycles. The largest absolute Gasteiger partial charge is 0.444 e. The summed E-state index contributed by atoms with van der Waals surface area (Å²) in [6.07, 6.45) is -1.86. The molecule has 0 aliphatic carbocycles. The van der Waals surface area contributed by atoms with Crippen LogP contribution in [0.3, 0.4) is 0 Å². The average molecular weight is 750 g/mol. The van der Waals surface area contributed by atoms with Gasteiger partial charge in [0.2, 0.25) is 0 Å².